The van der Waals surface area contributed by atoms with Crippen LogP contribution in [0.15, 0.2) is 17.2 Å². The van der Waals surface area contributed by atoms with Crippen LogP contribution in [0.5, 0.6) is 0 Å². The van der Waals surface area contributed by atoms with E-state index in [2.05, 4.69) is 4.72 Å². The van der Waals surface area contributed by atoms with E-state index in [0.29, 0.717) is 25.7 Å². The second-order valence-corrected chi connectivity index (χ2v) is 7.51. The van der Waals surface area contributed by atoms with Crippen molar-refractivity contribution in [3.8, 4) is 0 Å². The minimum atomic E-state index is -3.51. The van der Waals surface area contributed by atoms with Crippen LogP contribution in [0.25, 0.3) is 0 Å². The van der Waals surface area contributed by atoms with Crippen LogP contribution in [0.3, 0.4) is 0 Å². The van der Waals surface area contributed by atoms with Gasteiger partial charge in [0, 0.05) is 37.6 Å². The highest BCUT2D eigenvalue weighted by atomic mass is 32.2. The first-order valence-electron chi connectivity index (χ1n) is 7.26. The van der Waals surface area contributed by atoms with E-state index in [1.807, 2.05) is 32.3 Å². The van der Waals surface area contributed by atoms with Gasteiger partial charge >= 0.3 is 0 Å². The summed E-state index contributed by atoms with van der Waals surface area (Å²) in [5, 5.41) is 0. The van der Waals surface area contributed by atoms with Crippen LogP contribution in [0.2, 0.25) is 0 Å². The third-order valence-corrected chi connectivity index (χ3v) is 4.40. The molecule has 0 aliphatic carbocycles. The Morgan fingerprint density at radius 2 is 2.00 bits per heavy atom. The van der Waals surface area contributed by atoms with Crippen molar-refractivity contribution in [2.45, 2.75) is 45.2 Å². The molecular formula is C14H27N3O3S. The molecule has 0 unspecified atom stereocenters. The van der Waals surface area contributed by atoms with Crippen LogP contribution in [-0.4, -0.2) is 32.7 Å². The van der Waals surface area contributed by atoms with Gasteiger partial charge in [-0.05, 0) is 25.8 Å². The molecule has 6 nitrogen and oxygen atoms in total. The lowest BCUT2D eigenvalue weighted by molar-refractivity contribution is 0.114. The summed E-state index contributed by atoms with van der Waals surface area (Å²) in [6.45, 7) is 9.64. The third kappa shape index (κ3) is 5.43. The number of rotatable bonds is 9. The van der Waals surface area contributed by atoms with Gasteiger partial charge in [0.2, 0.25) is 10.0 Å². The van der Waals surface area contributed by atoms with Crippen LogP contribution in [0.1, 0.15) is 39.4 Å². The first kappa shape index (κ1) is 18.2. The molecule has 21 heavy (non-hydrogen) atoms. The van der Waals surface area contributed by atoms with Gasteiger partial charge in [-0.3, -0.25) is 0 Å². The fourth-order valence-corrected chi connectivity index (χ4v) is 3.00. The fraction of sp³-hybridized carbons (Fsp3) is 0.714. The summed E-state index contributed by atoms with van der Waals surface area (Å²) < 4.78 is 34.2. The average Bonchev–Trinajstić information content (AvgIpc) is 2.82. The first-order chi connectivity index (χ1) is 9.77. The normalized spacial score (nSPS) is 12.5. The van der Waals surface area contributed by atoms with E-state index in [0.717, 1.165) is 5.69 Å². The molecule has 0 aliphatic heterocycles. The van der Waals surface area contributed by atoms with E-state index in [1.165, 1.54) is 0 Å². The summed E-state index contributed by atoms with van der Waals surface area (Å²) in [6, 6.07) is 1.79. The van der Waals surface area contributed by atoms with E-state index in [-0.39, 0.29) is 17.5 Å². The van der Waals surface area contributed by atoms with E-state index in [4.69, 9.17) is 10.5 Å². The summed E-state index contributed by atoms with van der Waals surface area (Å²) in [5.74, 6) is 0.439. The van der Waals surface area contributed by atoms with E-state index in [9.17, 15) is 8.42 Å². The maximum absolute atomic E-state index is 12.2. The minimum Gasteiger partial charge on any atom is -0.380 e. The van der Waals surface area contributed by atoms with Crippen LogP contribution >= 0.6 is 0 Å². The fourth-order valence-electron chi connectivity index (χ4n) is 1.94. The predicted octanol–water partition coefficient (Wildman–Crippen LogP) is 1.48. The van der Waals surface area contributed by atoms with Crippen molar-refractivity contribution in [1.82, 2.24) is 9.29 Å². The van der Waals surface area contributed by atoms with Crippen molar-refractivity contribution >= 4 is 10.0 Å². The van der Waals surface area contributed by atoms with Gasteiger partial charge in [-0.25, -0.2) is 13.1 Å². The van der Waals surface area contributed by atoms with Crippen molar-refractivity contribution in [3.63, 3.8) is 0 Å². The molecule has 1 rings (SSSR count). The summed E-state index contributed by atoms with van der Waals surface area (Å²) in [5.41, 5.74) is 6.46. The Kier molecular flexibility index (Phi) is 6.86. The van der Waals surface area contributed by atoms with Gasteiger partial charge in [-0.1, -0.05) is 13.8 Å². The molecular weight excluding hydrogens is 290 g/mol. The molecule has 0 aliphatic rings. The average molecular weight is 317 g/mol. The molecule has 0 aromatic carbocycles. The Morgan fingerprint density at radius 1 is 1.33 bits per heavy atom. The molecule has 0 bridgehead atoms. The number of aromatic nitrogens is 1. The number of hydrogen-bond donors (Lipinski definition) is 2. The van der Waals surface area contributed by atoms with Gasteiger partial charge in [0.15, 0.2) is 0 Å². The smallest absolute Gasteiger partial charge is 0.242 e. The van der Waals surface area contributed by atoms with Crippen LogP contribution < -0.4 is 10.5 Å². The Morgan fingerprint density at radius 3 is 2.48 bits per heavy atom. The second kappa shape index (κ2) is 7.93. The summed E-state index contributed by atoms with van der Waals surface area (Å²) in [7, 11) is -3.51. The highest BCUT2D eigenvalue weighted by molar-refractivity contribution is 7.89. The zero-order valence-corrected chi connectivity index (χ0v) is 14.1. The molecule has 1 aromatic rings. The number of nitrogens with zero attached hydrogens (tertiary/aromatic N) is 1. The summed E-state index contributed by atoms with van der Waals surface area (Å²) in [4.78, 5) is 0.250. The van der Waals surface area contributed by atoms with Crippen molar-refractivity contribution in [1.29, 1.82) is 0 Å². The monoisotopic (exact) mass is 317 g/mol. The first-order valence-corrected chi connectivity index (χ1v) is 8.74. The molecule has 0 saturated carbocycles. The van der Waals surface area contributed by atoms with Crippen molar-refractivity contribution < 1.29 is 13.2 Å². The second-order valence-electron chi connectivity index (χ2n) is 5.74. The number of nitrogens with one attached hydrogen (secondary N) is 1. The van der Waals surface area contributed by atoms with Crippen LogP contribution in [-0.2, 0) is 21.3 Å². The zero-order chi connectivity index (χ0) is 16.0. The molecule has 1 heterocycles. The summed E-state index contributed by atoms with van der Waals surface area (Å²) in [6.07, 6.45) is 1.63. The van der Waals surface area contributed by atoms with Crippen molar-refractivity contribution in [2.24, 2.45) is 11.7 Å². The SMILES string of the molecule is CC(C)COCCNS(=O)(=O)c1cc(CN)n(C(C)C)c1. The Bertz CT molecular complexity index is 536. The van der Waals surface area contributed by atoms with Gasteiger partial charge in [0.05, 0.1) is 11.5 Å². The number of sulfonamides is 1. The van der Waals surface area contributed by atoms with Gasteiger partial charge in [0.25, 0.3) is 0 Å². The highest BCUT2D eigenvalue weighted by Crippen LogP contribution is 2.18. The standard InChI is InChI=1S/C14H27N3O3S/c1-11(2)10-20-6-5-16-21(18,19)14-7-13(8-15)17(9-14)12(3)4/h7,9,11-12,16H,5-6,8,10,15H2,1-4H3. The van der Waals surface area contributed by atoms with E-state index < -0.39 is 10.0 Å². The molecule has 3 N–H and O–H groups in total. The highest BCUT2D eigenvalue weighted by Gasteiger charge is 2.18. The lowest BCUT2D eigenvalue weighted by Gasteiger charge is -2.10. The number of nitrogens with two attached hydrogens (primary N) is 1. The van der Waals surface area contributed by atoms with Crippen LogP contribution in [0.4, 0.5) is 0 Å². The van der Waals surface area contributed by atoms with Gasteiger partial charge in [0.1, 0.15) is 0 Å². The molecule has 0 radical (unpaired) electrons. The maximum atomic E-state index is 12.2. The van der Waals surface area contributed by atoms with E-state index in [1.54, 1.807) is 12.3 Å². The molecule has 122 valence electrons. The summed E-state index contributed by atoms with van der Waals surface area (Å²) >= 11 is 0. The third-order valence-electron chi connectivity index (χ3n) is 2.97. The lowest BCUT2D eigenvalue weighted by Crippen LogP contribution is -2.27. The van der Waals surface area contributed by atoms with E-state index >= 15 is 0 Å². The quantitative estimate of drug-likeness (QED) is 0.675. The van der Waals surface area contributed by atoms with Crippen molar-refractivity contribution in [3.05, 3.63) is 18.0 Å². The molecule has 0 saturated heterocycles. The molecule has 0 atom stereocenters. The lowest BCUT2D eigenvalue weighted by atomic mass is 10.2. The molecule has 0 fully saturated rings. The Hall–Kier alpha value is -0.890. The Balaban J connectivity index is 2.66. The maximum Gasteiger partial charge on any atom is 0.242 e. The number of ether oxygens (including phenoxy) is 1. The number of hydrogen-bond acceptors (Lipinski definition) is 4. The predicted molar refractivity (Wildman–Crippen MR) is 83.6 cm³/mol. The largest absolute Gasteiger partial charge is 0.380 e. The topological polar surface area (TPSA) is 86.3 Å². The molecule has 0 spiro atoms. The van der Waals surface area contributed by atoms with Gasteiger partial charge in [-0.2, -0.15) is 0 Å². The van der Waals surface area contributed by atoms with Crippen LogP contribution in [0, 0.1) is 5.92 Å². The molecule has 7 heteroatoms. The Labute approximate surface area is 127 Å². The molecule has 0 amide bonds. The van der Waals surface area contributed by atoms with Crippen molar-refractivity contribution in [2.75, 3.05) is 19.8 Å². The van der Waals surface area contributed by atoms with Gasteiger partial charge < -0.3 is 15.0 Å². The minimum absolute atomic E-state index is 0.168. The molecule has 1 aromatic heterocycles. The van der Waals surface area contributed by atoms with Gasteiger partial charge in [-0.15, -0.1) is 0 Å². The zero-order valence-electron chi connectivity index (χ0n) is 13.3.